The third-order valence-electron chi connectivity index (χ3n) is 1.67. The van der Waals surface area contributed by atoms with Gasteiger partial charge in [-0.05, 0) is 18.4 Å². The van der Waals surface area contributed by atoms with Gasteiger partial charge in [-0.15, -0.1) is 11.8 Å². The summed E-state index contributed by atoms with van der Waals surface area (Å²) in [4.78, 5) is 8.33. The lowest BCUT2D eigenvalue weighted by Crippen LogP contribution is -1.75. The molecule has 1 aromatic carbocycles. The second-order valence-electron chi connectivity index (χ2n) is 2.41. The lowest BCUT2D eigenvalue weighted by atomic mass is 10.3. The van der Waals surface area contributed by atoms with Crippen molar-refractivity contribution in [1.29, 1.82) is 0 Å². The number of halogens is 1. The standard InChI is InChI=1S/C8H7ClN2S/c1-12-7-3-5(9)2-6-8(7)11-4-10-6/h2-4H,1H3,(H,10,11). The number of nitrogens with zero attached hydrogens (tertiary/aromatic N) is 1. The van der Waals surface area contributed by atoms with Crippen LogP contribution < -0.4 is 0 Å². The first-order valence-corrected chi connectivity index (χ1v) is 5.08. The fraction of sp³-hybridized carbons (Fsp3) is 0.125. The van der Waals surface area contributed by atoms with Gasteiger partial charge in [-0.1, -0.05) is 11.6 Å². The van der Waals surface area contributed by atoms with E-state index in [0.29, 0.717) is 0 Å². The van der Waals surface area contributed by atoms with Gasteiger partial charge in [0.2, 0.25) is 0 Å². The van der Waals surface area contributed by atoms with Crippen molar-refractivity contribution in [2.75, 3.05) is 6.26 Å². The van der Waals surface area contributed by atoms with E-state index in [9.17, 15) is 0 Å². The molecular formula is C8H7ClN2S. The highest BCUT2D eigenvalue weighted by molar-refractivity contribution is 7.98. The van der Waals surface area contributed by atoms with E-state index in [1.54, 1.807) is 18.1 Å². The predicted octanol–water partition coefficient (Wildman–Crippen LogP) is 2.94. The van der Waals surface area contributed by atoms with Crippen molar-refractivity contribution in [2.24, 2.45) is 0 Å². The van der Waals surface area contributed by atoms with Crippen molar-refractivity contribution in [3.8, 4) is 0 Å². The van der Waals surface area contributed by atoms with Crippen LogP contribution in [0.3, 0.4) is 0 Å². The van der Waals surface area contributed by atoms with Gasteiger partial charge in [-0.3, -0.25) is 0 Å². The molecule has 0 fully saturated rings. The van der Waals surface area contributed by atoms with Crippen LogP contribution in [0.1, 0.15) is 0 Å². The highest BCUT2D eigenvalue weighted by Crippen LogP contribution is 2.27. The molecule has 0 unspecified atom stereocenters. The highest BCUT2D eigenvalue weighted by Gasteiger charge is 2.03. The fourth-order valence-corrected chi connectivity index (χ4v) is 2.02. The van der Waals surface area contributed by atoms with Gasteiger partial charge in [-0.25, -0.2) is 4.98 Å². The van der Waals surface area contributed by atoms with Crippen molar-refractivity contribution in [3.63, 3.8) is 0 Å². The van der Waals surface area contributed by atoms with Crippen molar-refractivity contribution in [3.05, 3.63) is 23.5 Å². The largest absolute Gasteiger partial charge is 0.345 e. The van der Waals surface area contributed by atoms with Crippen LogP contribution in [0.25, 0.3) is 11.0 Å². The van der Waals surface area contributed by atoms with E-state index in [1.165, 1.54) is 0 Å². The zero-order valence-electron chi connectivity index (χ0n) is 6.47. The number of benzene rings is 1. The molecule has 0 aliphatic carbocycles. The van der Waals surface area contributed by atoms with Gasteiger partial charge >= 0.3 is 0 Å². The molecule has 4 heteroatoms. The molecule has 0 atom stereocenters. The van der Waals surface area contributed by atoms with E-state index in [1.807, 2.05) is 18.4 Å². The number of thioether (sulfide) groups is 1. The Morgan fingerprint density at radius 2 is 2.33 bits per heavy atom. The van der Waals surface area contributed by atoms with Crippen LogP contribution >= 0.6 is 23.4 Å². The lowest BCUT2D eigenvalue weighted by molar-refractivity contribution is 1.33. The molecular weight excluding hydrogens is 192 g/mol. The summed E-state index contributed by atoms with van der Waals surface area (Å²) in [6.07, 6.45) is 3.69. The third-order valence-corrected chi connectivity index (χ3v) is 2.64. The molecule has 1 N–H and O–H groups in total. The van der Waals surface area contributed by atoms with Crippen LogP contribution in [0.5, 0.6) is 0 Å². The van der Waals surface area contributed by atoms with Crippen molar-refractivity contribution >= 4 is 34.4 Å². The molecule has 0 radical (unpaired) electrons. The Bertz CT molecular complexity index is 410. The van der Waals surface area contributed by atoms with Gasteiger partial charge in [0.1, 0.15) is 5.52 Å². The van der Waals surface area contributed by atoms with Crippen molar-refractivity contribution in [2.45, 2.75) is 4.90 Å². The molecule has 0 bridgehead atoms. The molecule has 0 spiro atoms. The number of aromatic nitrogens is 2. The summed E-state index contributed by atoms with van der Waals surface area (Å²) >= 11 is 7.55. The topological polar surface area (TPSA) is 28.7 Å². The second kappa shape index (κ2) is 2.99. The zero-order chi connectivity index (χ0) is 8.55. The Hall–Kier alpha value is -0.670. The van der Waals surface area contributed by atoms with Gasteiger partial charge in [0, 0.05) is 9.92 Å². The summed E-state index contributed by atoms with van der Waals surface area (Å²) < 4.78 is 0. The molecule has 0 saturated carbocycles. The van der Waals surface area contributed by atoms with E-state index >= 15 is 0 Å². The highest BCUT2D eigenvalue weighted by atomic mass is 35.5. The first-order valence-electron chi connectivity index (χ1n) is 3.48. The normalized spacial score (nSPS) is 10.8. The molecule has 1 aromatic heterocycles. The van der Waals surface area contributed by atoms with Gasteiger partial charge in [0.25, 0.3) is 0 Å². The number of fused-ring (bicyclic) bond motifs is 1. The first kappa shape index (κ1) is 7.95. The molecule has 2 aromatic rings. The number of H-pyrrole nitrogens is 1. The average molecular weight is 199 g/mol. The van der Waals surface area contributed by atoms with Gasteiger partial charge in [0.15, 0.2) is 0 Å². The number of rotatable bonds is 1. The molecule has 2 rings (SSSR count). The summed E-state index contributed by atoms with van der Waals surface area (Å²) in [5.74, 6) is 0. The van der Waals surface area contributed by atoms with Crippen molar-refractivity contribution < 1.29 is 0 Å². The average Bonchev–Trinajstić information content (AvgIpc) is 2.50. The summed E-state index contributed by atoms with van der Waals surface area (Å²) in [6, 6.07) is 3.80. The minimum atomic E-state index is 0.746. The third kappa shape index (κ3) is 1.19. The Balaban J connectivity index is 2.80. The number of hydrogen-bond acceptors (Lipinski definition) is 2. The SMILES string of the molecule is CSc1cc(Cl)cc2[nH]cnc12. The van der Waals surface area contributed by atoms with Gasteiger partial charge < -0.3 is 4.98 Å². The summed E-state index contributed by atoms with van der Waals surface area (Å²) in [6.45, 7) is 0. The number of hydrogen-bond donors (Lipinski definition) is 1. The van der Waals surface area contributed by atoms with E-state index in [4.69, 9.17) is 11.6 Å². The molecule has 0 amide bonds. The van der Waals surface area contributed by atoms with Crippen LogP contribution in [0.4, 0.5) is 0 Å². The zero-order valence-corrected chi connectivity index (χ0v) is 8.04. The molecule has 0 aliphatic heterocycles. The lowest BCUT2D eigenvalue weighted by Gasteiger charge is -1.97. The van der Waals surface area contributed by atoms with Gasteiger partial charge in [-0.2, -0.15) is 0 Å². The van der Waals surface area contributed by atoms with Crippen molar-refractivity contribution in [1.82, 2.24) is 9.97 Å². The van der Waals surface area contributed by atoms with Crippen LogP contribution in [0.2, 0.25) is 5.02 Å². The summed E-state index contributed by atoms with van der Waals surface area (Å²) in [7, 11) is 0. The molecule has 1 heterocycles. The predicted molar refractivity (Wildman–Crippen MR) is 52.9 cm³/mol. The number of aromatic amines is 1. The maximum Gasteiger partial charge on any atom is 0.102 e. The van der Waals surface area contributed by atoms with E-state index < -0.39 is 0 Å². The number of nitrogens with one attached hydrogen (secondary N) is 1. The van der Waals surface area contributed by atoms with Crippen LogP contribution in [-0.2, 0) is 0 Å². The maximum atomic E-state index is 5.90. The van der Waals surface area contributed by atoms with E-state index in [-0.39, 0.29) is 0 Å². The molecule has 62 valence electrons. The smallest absolute Gasteiger partial charge is 0.102 e. The minimum absolute atomic E-state index is 0.746. The van der Waals surface area contributed by atoms with Crippen LogP contribution in [0, 0.1) is 0 Å². The monoisotopic (exact) mass is 198 g/mol. The first-order chi connectivity index (χ1) is 5.81. The van der Waals surface area contributed by atoms with E-state index in [2.05, 4.69) is 9.97 Å². The molecule has 12 heavy (non-hydrogen) atoms. The maximum absolute atomic E-state index is 5.90. The number of imidazole rings is 1. The minimum Gasteiger partial charge on any atom is -0.345 e. The van der Waals surface area contributed by atoms with Crippen LogP contribution in [-0.4, -0.2) is 16.2 Å². The Morgan fingerprint density at radius 1 is 1.50 bits per heavy atom. The second-order valence-corrected chi connectivity index (χ2v) is 3.69. The van der Waals surface area contributed by atoms with Crippen LogP contribution in [0.15, 0.2) is 23.4 Å². The Labute approximate surface area is 79.3 Å². The summed E-state index contributed by atoms with van der Waals surface area (Å²) in [5.41, 5.74) is 1.98. The summed E-state index contributed by atoms with van der Waals surface area (Å²) in [5, 5.41) is 0.746. The fourth-order valence-electron chi connectivity index (χ4n) is 1.14. The van der Waals surface area contributed by atoms with E-state index in [0.717, 1.165) is 21.0 Å². The molecule has 0 aliphatic rings. The Morgan fingerprint density at radius 3 is 3.08 bits per heavy atom. The molecule has 2 nitrogen and oxygen atoms in total. The Kier molecular flexibility index (Phi) is 1.98. The van der Waals surface area contributed by atoms with Gasteiger partial charge in [0.05, 0.1) is 11.8 Å². The molecule has 0 saturated heterocycles. The quantitative estimate of drug-likeness (QED) is 0.714.